The zero-order valence-corrected chi connectivity index (χ0v) is 9.88. The maximum Gasteiger partial charge on any atom is 0.129 e. The molecule has 0 heterocycles. The summed E-state index contributed by atoms with van der Waals surface area (Å²) in [6.07, 6.45) is 5.25. The van der Waals surface area contributed by atoms with Crippen LogP contribution in [0.2, 0.25) is 0 Å². The molecule has 90 valence electrons. The lowest BCUT2D eigenvalue weighted by Crippen LogP contribution is -2.21. The van der Waals surface area contributed by atoms with Gasteiger partial charge in [0.25, 0.3) is 0 Å². The maximum atomic E-state index is 13.5. The quantitative estimate of drug-likeness (QED) is 0.866. The summed E-state index contributed by atoms with van der Waals surface area (Å²) in [4.78, 5) is 0. The van der Waals surface area contributed by atoms with Crippen molar-refractivity contribution in [2.24, 2.45) is 5.92 Å². The second-order valence-electron chi connectivity index (χ2n) is 4.70. The minimum atomic E-state index is -0.289. The Bertz CT molecular complexity index is 417. The van der Waals surface area contributed by atoms with E-state index in [-0.39, 0.29) is 5.82 Å². The van der Waals surface area contributed by atoms with Crippen LogP contribution in [0, 0.1) is 23.1 Å². The van der Waals surface area contributed by atoms with Gasteiger partial charge < -0.3 is 5.32 Å². The van der Waals surface area contributed by atoms with Crippen LogP contribution in [-0.2, 0) is 6.54 Å². The van der Waals surface area contributed by atoms with E-state index in [9.17, 15) is 4.39 Å². The van der Waals surface area contributed by atoms with E-state index in [2.05, 4.69) is 5.32 Å². The van der Waals surface area contributed by atoms with Crippen LogP contribution in [0.25, 0.3) is 0 Å². The molecule has 0 spiro atoms. The first-order chi connectivity index (χ1) is 8.29. The monoisotopic (exact) mass is 232 g/mol. The molecule has 0 saturated heterocycles. The fourth-order valence-corrected chi connectivity index (χ4v) is 2.39. The van der Waals surface area contributed by atoms with Crippen LogP contribution < -0.4 is 5.32 Å². The summed E-state index contributed by atoms with van der Waals surface area (Å²) in [6, 6.07) is 6.59. The van der Waals surface area contributed by atoms with E-state index in [4.69, 9.17) is 5.26 Å². The van der Waals surface area contributed by atoms with Gasteiger partial charge in [0.05, 0.1) is 11.6 Å². The molecule has 1 aliphatic rings. The highest BCUT2D eigenvalue weighted by molar-refractivity contribution is 5.32. The summed E-state index contributed by atoms with van der Waals surface area (Å²) in [6.45, 7) is 1.52. The Hall–Kier alpha value is -1.40. The summed E-state index contributed by atoms with van der Waals surface area (Å²) >= 11 is 0. The predicted octanol–water partition coefficient (Wildman–Crippen LogP) is 2.98. The molecule has 3 heteroatoms. The first-order valence-electron chi connectivity index (χ1n) is 6.19. The Kier molecular flexibility index (Phi) is 4.11. The van der Waals surface area contributed by atoms with Crippen molar-refractivity contribution in [2.75, 3.05) is 6.54 Å². The lowest BCUT2D eigenvalue weighted by molar-refractivity contribution is 0.483. The SMILES string of the molecule is N#Cc1ccc(CNCC2CCCC2)c(F)c1. The molecular formula is C14H17FN2. The summed E-state index contributed by atoms with van der Waals surface area (Å²) in [5, 5.41) is 11.9. The van der Waals surface area contributed by atoms with E-state index in [0.29, 0.717) is 17.7 Å². The largest absolute Gasteiger partial charge is 0.312 e. The second kappa shape index (κ2) is 5.79. The zero-order valence-electron chi connectivity index (χ0n) is 9.88. The molecule has 0 bridgehead atoms. The summed E-state index contributed by atoms with van der Waals surface area (Å²) < 4.78 is 13.5. The van der Waals surface area contributed by atoms with E-state index in [1.807, 2.05) is 6.07 Å². The van der Waals surface area contributed by atoms with Crippen LogP contribution in [0.5, 0.6) is 0 Å². The molecule has 0 aromatic heterocycles. The van der Waals surface area contributed by atoms with Crippen LogP contribution >= 0.6 is 0 Å². The van der Waals surface area contributed by atoms with Crippen molar-refractivity contribution in [3.8, 4) is 6.07 Å². The summed E-state index contributed by atoms with van der Waals surface area (Å²) in [5.41, 5.74) is 1.02. The molecular weight excluding hydrogens is 215 g/mol. The van der Waals surface area contributed by atoms with Crippen LogP contribution in [0.15, 0.2) is 18.2 Å². The van der Waals surface area contributed by atoms with Gasteiger partial charge in [0, 0.05) is 12.1 Å². The zero-order chi connectivity index (χ0) is 12.1. The molecule has 1 N–H and O–H groups in total. The average molecular weight is 232 g/mol. The second-order valence-corrected chi connectivity index (χ2v) is 4.70. The van der Waals surface area contributed by atoms with Gasteiger partial charge in [-0.25, -0.2) is 4.39 Å². The molecule has 0 unspecified atom stereocenters. The lowest BCUT2D eigenvalue weighted by atomic mass is 10.1. The predicted molar refractivity (Wildman–Crippen MR) is 64.8 cm³/mol. The third kappa shape index (κ3) is 3.28. The van der Waals surface area contributed by atoms with Gasteiger partial charge >= 0.3 is 0 Å². The van der Waals surface area contributed by atoms with Crippen molar-refractivity contribution in [3.63, 3.8) is 0 Å². The molecule has 0 atom stereocenters. The third-order valence-electron chi connectivity index (χ3n) is 3.41. The van der Waals surface area contributed by atoms with Crippen LogP contribution in [0.4, 0.5) is 4.39 Å². The lowest BCUT2D eigenvalue weighted by Gasteiger charge is -2.10. The molecule has 17 heavy (non-hydrogen) atoms. The Balaban J connectivity index is 1.84. The fraction of sp³-hybridized carbons (Fsp3) is 0.500. The normalized spacial score (nSPS) is 16.0. The van der Waals surface area contributed by atoms with Crippen molar-refractivity contribution >= 4 is 0 Å². The maximum absolute atomic E-state index is 13.5. The highest BCUT2D eigenvalue weighted by Crippen LogP contribution is 2.23. The molecule has 0 amide bonds. The number of nitriles is 1. The number of nitrogens with zero attached hydrogens (tertiary/aromatic N) is 1. The molecule has 0 radical (unpaired) electrons. The van der Waals surface area contributed by atoms with Gasteiger partial charge in [-0.1, -0.05) is 18.9 Å². The van der Waals surface area contributed by atoms with Gasteiger partial charge in [-0.2, -0.15) is 5.26 Å². The minimum absolute atomic E-state index is 0.289. The van der Waals surface area contributed by atoms with E-state index in [0.717, 1.165) is 12.5 Å². The molecule has 1 aromatic rings. The van der Waals surface area contributed by atoms with E-state index >= 15 is 0 Å². The highest BCUT2D eigenvalue weighted by Gasteiger charge is 2.14. The Labute approximate surface area is 101 Å². The molecule has 1 saturated carbocycles. The topological polar surface area (TPSA) is 35.8 Å². The van der Waals surface area contributed by atoms with Gasteiger partial charge in [-0.05, 0) is 37.4 Å². The summed E-state index contributed by atoms with van der Waals surface area (Å²) in [7, 11) is 0. The standard InChI is InChI=1S/C14H17FN2/c15-14-7-12(8-16)5-6-13(14)10-17-9-11-3-1-2-4-11/h5-7,11,17H,1-4,9-10H2. The molecule has 2 nitrogen and oxygen atoms in total. The number of nitrogens with one attached hydrogen (secondary N) is 1. The molecule has 1 aliphatic carbocycles. The number of rotatable bonds is 4. The van der Waals surface area contributed by atoms with E-state index in [1.54, 1.807) is 12.1 Å². The van der Waals surface area contributed by atoms with Crippen LogP contribution in [-0.4, -0.2) is 6.54 Å². The van der Waals surface area contributed by atoms with Crippen molar-refractivity contribution in [1.29, 1.82) is 5.26 Å². The average Bonchev–Trinajstić information content (AvgIpc) is 2.84. The minimum Gasteiger partial charge on any atom is -0.312 e. The van der Waals surface area contributed by atoms with Crippen molar-refractivity contribution in [3.05, 3.63) is 35.1 Å². The third-order valence-corrected chi connectivity index (χ3v) is 3.41. The number of hydrogen-bond acceptors (Lipinski definition) is 2. The molecule has 1 aromatic carbocycles. The van der Waals surface area contributed by atoms with Crippen molar-refractivity contribution in [1.82, 2.24) is 5.32 Å². The Morgan fingerprint density at radius 3 is 2.76 bits per heavy atom. The molecule has 2 rings (SSSR count). The van der Waals surface area contributed by atoms with Crippen molar-refractivity contribution in [2.45, 2.75) is 32.2 Å². The number of hydrogen-bond donors (Lipinski definition) is 1. The van der Waals surface area contributed by atoms with Crippen LogP contribution in [0.1, 0.15) is 36.8 Å². The molecule has 0 aliphatic heterocycles. The van der Waals surface area contributed by atoms with E-state index in [1.165, 1.54) is 31.7 Å². The fourth-order valence-electron chi connectivity index (χ4n) is 2.39. The first kappa shape index (κ1) is 12.1. The number of benzene rings is 1. The Morgan fingerprint density at radius 1 is 1.35 bits per heavy atom. The highest BCUT2D eigenvalue weighted by atomic mass is 19.1. The van der Waals surface area contributed by atoms with Gasteiger partial charge in [0.15, 0.2) is 0 Å². The van der Waals surface area contributed by atoms with Crippen LogP contribution in [0.3, 0.4) is 0 Å². The van der Waals surface area contributed by atoms with E-state index < -0.39 is 0 Å². The van der Waals surface area contributed by atoms with Gasteiger partial charge in [0.1, 0.15) is 5.82 Å². The Morgan fingerprint density at radius 2 is 2.12 bits per heavy atom. The number of halogens is 1. The first-order valence-corrected chi connectivity index (χ1v) is 6.19. The summed E-state index contributed by atoms with van der Waals surface area (Å²) in [5.74, 6) is 0.472. The smallest absolute Gasteiger partial charge is 0.129 e. The van der Waals surface area contributed by atoms with Crippen molar-refractivity contribution < 1.29 is 4.39 Å². The van der Waals surface area contributed by atoms with Gasteiger partial charge in [-0.15, -0.1) is 0 Å². The van der Waals surface area contributed by atoms with Gasteiger partial charge in [0.2, 0.25) is 0 Å². The van der Waals surface area contributed by atoms with Gasteiger partial charge in [-0.3, -0.25) is 0 Å². The molecule has 1 fully saturated rings.